The van der Waals surface area contributed by atoms with Gasteiger partial charge in [-0.25, -0.2) is 4.39 Å². The minimum absolute atomic E-state index is 0.0245. The number of aromatic hydroxyl groups is 1. The number of nitriles is 1. The molecule has 0 aliphatic heterocycles. The van der Waals surface area contributed by atoms with E-state index in [4.69, 9.17) is 27.9 Å². The SMILES string of the molecule is CCOc1c(Cl)cc(C(=O)c2c(C)c(C#N)c(=O)n(Cc3ccc(F)cc3)c2O)cc1Cl. The minimum atomic E-state index is -0.772. The summed E-state index contributed by atoms with van der Waals surface area (Å²) in [5, 5.41) is 20.6. The molecule has 3 rings (SSSR count). The molecule has 32 heavy (non-hydrogen) atoms. The van der Waals surface area contributed by atoms with Crippen molar-refractivity contribution in [3.63, 3.8) is 0 Å². The third-order valence-electron chi connectivity index (χ3n) is 4.83. The summed E-state index contributed by atoms with van der Waals surface area (Å²) in [5.74, 6) is -1.56. The van der Waals surface area contributed by atoms with E-state index in [0.717, 1.165) is 4.57 Å². The molecule has 0 atom stereocenters. The summed E-state index contributed by atoms with van der Waals surface area (Å²) in [6, 6.07) is 9.73. The molecule has 0 bridgehead atoms. The number of carbonyl (C=O) groups excluding carboxylic acids is 1. The average molecular weight is 475 g/mol. The highest BCUT2D eigenvalue weighted by Crippen LogP contribution is 2.36. The van der Waals surface area contributed by atoms with Crippen molar-refractivity contribution in [3.05, 3.63) is 90.4 Å². The lowest BCUT2D eigenvalue weighted by molar-refractivity contribution is 0.103. The Bertz CT molecular complexity index is 1290. The molecule has 0 aliphatic carbocycles. The van der Waals surface area contributed by atoms with Crippen LogP contribution in [0.3, 0.4) is 0 Å². The average Bonchev–Trinajstić information content (AvgIpc) is 2.75. The molecule has 0 saturated carbocycles. The van der Waals surface area contributed by atoms with Gasteiger partial charge in [-0.15, -0.1) is 0 Å². The summed E-state index contributed by atoms with van der Waals surface area (Å²) >= 11 is 12.4. The smallest absolute Gasteiger partial charge is 0.271 e. The van der Waals surface area contributed by atoms with Crippen molar-refractivity contribution in [2.75, 3.05) is 6.61 Å². The molecule has 2 aromatic carbocycles. The molecule has 1 aromatic heterocycles. The van der Waals surface area contributed by atoms with E-state index in [9.17, 15) is 24.3 Å². The maximum atomic E-state index is 13.3. The highest BCUT2D eigenvalue weighted by atomic mass is 35.5. The van der Waals surface area contributed by atoms with Crippen molar-refractivity contribution in [1.29, 1.82) is 5.26 Å². The summed E-state index contributed by atoms with van der Waals surface area (Å²) in [6.45, 7) is 3.28. The molecule has 9 heteroatoms. The van der Waals surface area contributed by atoms with Gasteiger partial charge in [0.2, 0.25) is 5.88 Å². The normalized spacial score (nSPS) is 10.6. The van der Waals surface area contributed by atoms with E-state index in [1.165, 1.54) is 43.3 Å². The first-order chi connectivity index (χ1) is 15.2. The van der Waals surface area contributed by atoms with Crippen molar-refractivity contribution in [1.82, 2.24) is 4.57 Å². The Morgan fingerprint density at radius 1 is 1.22 bits per heavy atom. The van der Waals surface area contributed by atoms with Gasteiger partial charge in [0.15, 0.2) is 11.5 Å². The number of pyridine rings is 1. The largest absolute Gasteiger partial charge is 0.494 e. The number of aromatic nitrogens is 1. The molecular formula is C23H17Cl2FN2O4. The first-order valence-electron chi connectivity index (χ1n) is 9.47. The number of ether oxygens (including phenoxy) is 1. The van der Waals surface area contributed by atoms with Gasteiger partial charge in [0.05, 0.1) is 28.8 Å². The molecule has 0 radical (unpaired) electrons. The van der Waals surface area contributed by atoms with Gasteiger partial charge in [-0.3, -0.25) is 14.2 Å². The van der Waals surface area contributed by atoms with Crippen molar-refractivity contribution in [3.8, 4) is 17.7 Å². The summed E-state index contributed by atoms with van der Waals surface area (Å²) in [6.07, 6.45) is 0. The van der Waals surface area contributed by atoms with Crippen LogP contribution in [0.2, 0.25) is 10.0 Å². The van der Waals surface area contributed by atoms with Crippen LogP contribution in [-0.2, 0) is 6.54 Å². The number of carbonyl (C=O) groups is 1. The Hall–Kier alpha value is -3.34. The zero-order chi connectivity index (χ0) is 23.6. The van der Waals surface area contributed by atoms with Crippen LogP contribution in [0.5, 0.6) is 11.6 Å². The van der Waals surface area contributed by atoms with Gasteiger partial charge in [-0.2, -0.15) is 5.26 Å². The van der Waals surface area contributed by atoms with Gasteiger partial charge in [0, 0.05) is 5.56 Å². The molecule has 0 saturated heterocycles. The van der Waals surface area contributed by atoms with Crippen LogP contribution in [-0.4, -0.2) is 22.1 Å². The van der Waals surface area contributed by atoms with Crippen LogP contribution >= 0.6 is 23.2 Å². The lowest BCUT2D eigenvalue weighted by Crippen LogP contribution is -2.27. The Kier molecular flexibility index (Phi) is 6.87. The van der Waals surface area contributed by atoms with Crippen LogP contribution in [0.25, 0.3) is 0 Å². The number of ketones is 1. The third kappa shape index (κ3) is 4.33. The predicted molar refractivity (Wildman–Crippen MR) is 118 cm³/mol. The Morgan fingerprint density at radius 2 is 1.81 bits per heavy atom. The summed E-state index contributed by atoms with van der Waals surface area (Å²) in [4.78, 5) is 26.1. The molecule has 1 heterocycles. The lowest BCUT2D eigenvalue weighted by atomic mass is 9.97. The number of hydrogen-bond donors (Lipinski definition) is 1. The van der Waals surface area contributed by atoms with E-state index < -0.39 is 23.0 Å². The second kappa shape index (κ2) is 9.43. The number of nitrogens with zero attached hydrogens (tertiary/aromatic N) is 2. The van der Waals surface area contributed by atoms with E-state index in [1.807, 2.05) is 0 Å². The molecule has 0 unspecified atom stereocenters. The number of hydrogen-bond acceptors (Lipinski definition) is 5. The van der Waals surface area contributed by atoms with Gasteiger partial charge in [0.1, 0.15) is 17.4 Å². The monoisotopic (exact) mass is 474 g/mol. The third-order valence-corrected chi connectivity index (χ3v) is 5.39. The van der Waals surface area contributed by atoms with Crippen molar-refractivity contribution >= 4 is 29.0 Å². The molecular weight excluding hydrogens is 458 g/mol. The quantitative estimate of drug-likeness (QED) is 0.515. The molecule has 164 valence electrons. The second-order valence-corrected chi connectivity index (χ2v) is 7.67. The Balaban J connectivity index is 2.18. The van der Waals surface area contributed by atoms with Crippen LogP contribution in [0.15, 0.2) is 41.2 Å². The lowest BCUT2D eigenvalue weighted by Gasteiger charge is -2.16. The van der Waals surface area contributed by atoms with Gasteiger partial charge in [-0.1, -0.05) is 35.3 Å². The fraction of sp³-hybridized carbons (Fsp3) is 0.174. The van der Waals surface area contributed by atoms with Gasteiger partial charge < -0.3 is 9.84 Å². The standard InChI is InChI=1S/C23H17Cl2FN2O4/c1-3-32-21-17(24)8-14(9-18(21)25)20(29)19-12(2)16(10-27)22(30)28(23(19)31)11-13-4-6-15(26)7-5-13/h4-9,31H,3,11H2,1-2H3. The van der Waals surface area contributed by atoms with E-state index in [1.54, 1.807) is 13.0 Å². The van der Waals surface area contributed by atoms with Crippen molar-refractivity contribution < 1.29 is 19.0 Å². The molecule has 3 aromatic rings. The Morgan fingerprint density at radius 3 is 2.34 bits per heavy atom. The maximum Gasteiger partial charge on any atom is 0.271 e. The first kappa shape index (κ1) is 23.3. The van der Waals surface area contributed by atoms with Gasteiger partial charge >= 0.3 is 0 Å². The second-order valence-electron chi connectivity index (χ2n) is 6.86. The van der Waals surface area contributed by atoms with E-state index >= 15 is 0 Å². The number of benzene rings is 2. The molecule has 0 spiro atoms. The summed E-state index contributed by atoms with van der Waals surface area (Å²) in [7, 11) is 0. The predicted octanol–water partition coefficient (Wildman–Crippen LogP) is 4.86. The van der Waals surface area contributed by atoms with Crippen LogP contribution in [0.4, 0.5) is 4.39 Å². The highest BCUT2D eigenvalue weighted by molar-refractivity contribution is 6.38. The van der Waals surface area contributed by atoms with Gasteiger partial charge in [-0.05, 0) is 49.2 Å². The van der Waals surface area contributed by atoms with Crippen LogP contribution in [0.1, 0.15) is 39.5 Å². The summed E-state index contributed by atoms with van der Waals surface area (Å²) in [5.41, 5.74) is -0.751. The Labute approximate surface area is 193 Å². The molecule has 1 N–H and O–H groups in total. The summed E-state index contributed by atoms with van der Waals surface area (Å²) < 4.78 is 19.5. The highest BCUT2D eigenvalue weighted by Gasteiger charge is 2.26. The topological polar surface area (TPSA) is 92.3 Å². The van der Waals surface area contributed by atoms with Crippen molar-refractivity contribution in [2.45, 2.75) is 20.4 Å². The molecule has 0 fully saturated rings. The first-order valence-corrected chi connectivity index (χ1v) is 10.2. The molecule has 0 amide bonds. The fourth-order valence-electron chi connectivity index (χ4n) is 3.26. The number of halogens is 3. The minimum Gasteiger partial charge on any atom is -0.494 e. The van der Waals surface area contributed by atoms with Crippen LogP contribution in [0, 0.1) is 24.1 Å². The van der Waals surface area contributed by atoms with E-state index in [2.05, 4.69) is 0 Å². The van der Waals surface area contributed by atoms with E-state index in [0.29, 0.717) is 12.2 Å². The zero-order valence-corrected chi connectivity index (χ0v) is 18.6. The number of rotatable bonds is 6. The van der Waals surface area contributed by atoms with Crippen LogP contribution < -0.4 is 10.3 Å². The fourth-order valence-corrected chi connectivity index (χ4v) is 3.86. The maximum absolute atomic E-state index is 13.3. The molecule has 0 aliphatic rings. The zero-order valence-electron chi connectivity index (χ0n) is 17.1. The van der Waals surface area contributed by atoms with Crippen molar-refractivity contribution in [2.24, 2.45) is 0 Å². The van der Waals surface area contributed by atoms with E-state index in [-0.39, 0.29) is 44.6 Å². The van der Waals surface area contributed by atoms with Gasteiger partial charge in [0.25, 0.3) is 5.56 Å². The molecule has 6 nitrogen and oxygen atoms in total.